The lowest BCUT2D eigenvalue weighted by atomic mass is 10.1. The van der Waals surface area contributed by atoms with Gasteiger partial charge in [-0.2, -0.15) is 0 Å². The molecule has 1 aromatic rings. The van der Waals surface area contributed by atoms with Gasteiger partial charge in [0, 0.05) is 11.6 Å². The fourth-order valence-corrected chi connectivity index (χ4v) is 2.04. The first-order valence-electron chi connectivity index (χ1n) is 6.27. The maximum atomic E-state index is 13.3. The van der Waals surface area contributed by atoms with Crippen molar-refractivity contribution in [2.75, 3.05) is 19.8 Å². The van der Waals surface area contributed by atoms with Crippen LogP contribution in [0.25, 0.3) is 0 Å². The zero-order valence-corrected chi connectivity index (χ0v) is 10.5. The number of halogens is 1. The maximum Gasteiger partial charge on any atom is 0.188 e. The molecule has 1 fully saturated rings. The van der Waals surface area contributed by atoms with E-state index in [9.17, 15) is 9.18 Å². The lowest BCUT2D eigenvalue weighted by molar-refractivity contribution is 0.0722. The molecule has 1 saturated heterocycles. The standard InChI is InChI=1S/C14H18FNO2/c1-10-4-5-11(7-13(10)15)14(17)9-18-8-12-3-2-6-16-12/h4-5,7,12,16H,2-3,6,8-9H2,1H3. The second-order valence-electron chi connectivity index (χ2n) is 4.70. The molecule has 1 unspecified atom stereocenters. The van der Waals surface area contributed by atoms with Gasteiger partial charge < -0.3 is 10.1 Å². The van der Waals surface area contributed by atoms with E-state index in [1.54, 1.807) is 19.1 Å². The van der Waals surface area contributed by atoms with Crippen molar-refractivity contribution < 1.29 is 13.9 Å². The number of carbonyl (C=O) groups excluding carboxylic acids is 1. The van der Waals surface area contributed by atoms with Crippen molar-refractivity contribution in [3.05, 3.63) is 35.1 Å². The lowest BCUT2D eigenvalue weighted by Crippen LogP contribution is -2.28. The number of ether oxygens (including phenoxy) is 1. The third kappa shape index (κ3) is 3.37. The Morgan fingerprint density at radius 1 is 1.56 bits per heavy atom. The van der Waals surface area contributed by atoms with Gasteiger partial charge in [-0.25, -0.2) is 4.39 Å². The highest BCUT2D eigenvalue weighted by atomic mass is 19.1. The normalized spacial score (nSPS) is 19.1. The average Bonchev–Trinajstić information content (AvgIpc) is 2.85. The molecule has 0 aliphatic carbocycles. The molecule has 3 nitrogen and oxygen atoms in total. The summed E-state index contributed by atoms with van der Waals surface area (Å²) in [7, 11) is 0. The number of nitrogens with one attached hydrogen (secondary N) is 1. The summed E-state index contributed by atoms with van der Waals surface area (Å²) in [6.45, 7) is 3.25. The lowest BCUT2D eigenvalue weighted by Gasteiger charge is -2.10. The molecule has 1 aliphatic heterocycles. The molecule has 0 aromatic heterocycles. The van der Waals surface area contributed by atoms with E-state index in [1.807, 2.05) is 0 Å². The first-order valence-corrected chi connectivity index (χ1v) is 6.27. The van der Waals surface area contributed by atoms with Crippen LogP contribution in [0.1, 0.15) is 28.8 Å². The molecular weight excluding hydrogens is 233 g/mol. The van der Waals surface area contributed by atoms with Crippen molar-refractivity contribution in [2.45, 2.75) is 25.8 Å². The van der Waals surface area contributed by atoms with Gasteiger partial charge in [0.15, 0.2) is 5.78 Å². The molecule has 98 valence electrons. The smallest absolute Gasteiger partial charge is 0.188 e. The van der Waals surface area contributed by atoms with Crippen LogP contribution in [0.5, 0.6) is 0 Å². The number of aryl methyl sites for hydroxylation is 1. The first-order chi connectivity index (χ1) is 8.66. The summed E-state index contributed by atoms with van der Waals surface area (Å²) >= 11 is 0. The van der Waals surface area contributed by atoms with Crippen LogP contribution in [0.4, 0.5) is 4.39 Å². The van der Waals surface area contributed by atoms with Crippen molar-refractivity contribution in [2.24, 2.45) is 0 Å². The predicted octanol–water partition coefficient (Wildman–Crippen LogP) is 2.09. The molecular formula is C14H18FNO2. The Bertz CT molecular complexity index is 428. The van der Waals surface area contributed by atoms with E-state index in [0.29, 0.717) is 23.8 Å². The molecule has 0 spiro atoms. The molecule has 18 heavy (non-hydrogen) atoms. The van der Waals surface area contributed by atoms with Crippen LogP contribution >= 0.6 is 0 Å². The Hall–Kier alpha value is -1.26. The Balaban J connectivity index is 1.81. The maximum absolute atomic E-state index is 13.3. The van der Waals surface area contributed by atoms with Crippen molar-refractivity contribution in [3.63, 3.8) is 0 Å². The summed E-state index contributed by atoms with van der Waals surface area (Å²) in [5.41, 5.74) is 0.917. The van der Waals surface area contributed by atoms with Gasteiger partial charge in [-0.3, -0.25) is 4.79 Å². The Morgan fingerprint density at radius 2 is 2.39 bits per heavy atom. The van der Waals surface area contributed by atoms with Crippen LogP contribution in [0.2, 0.25) is 0 Å². The van der Waals surface area contributed by atoms with Crippen LogP contribution in [-0.4, -0.2) is 31.6 Å². The van der Waals surface area contributed by atoms with Crippen LogP contribution in [0.3, 0.4) is 0 Å². The number of benzene rings is 1. The van der Waals surface area contributed by atoms with E-state index in [2.05, 4.69) is 5.32 Å². The molecule has 1 heterocycles. The Labute approximate surface area is 106 Å². The van der Waals surface area contributed by atoms with Crippen molar-refractivity contribution in [1.82, 2.24) is 5.32 Å². The average molecular weight is 251 g/mol. The third-order valence-electron chi connectivity index (χ3n) is 3.21. The van der Waals surface area contributed by atoms with Crippen molar-refractivity contribution >= 4 is 5.78 Å². The van der Waals surface area contributed by atoms with Crippen LogP contribution < -0.4 is 5.32 Å². The number of carbonyl (C=O) groups is 1. The molecule has 2 rings (SSSR count). The van der Waals surface area contributed by atoms with Crippen LogP contribution in [0.15, 0.2) is 18.2 Å². The number of ketones is 1. The molecule has 1 aromatic carbocycles. The summed E-state index contributed by atoms with van der Waals surface area (Å²) in [5, 5.41) is 3.29. The molecule has 0 radical (unpaired) electrons. The van der Waals surface area contributed by atoms with Gasteiger partial charge in [0.05, 0.1) is 6.61 Å². The van der Waals surface area contributed by atoms with Gasteiger partial charge in [-0.15, -0.1) is 0 Å². The van der Waals surface area contributed by atoms with E-state index in [1.165, 1.54) is 6.07 Å². The van der Waals surface area contributed by atoms with E-state index in [0.717, 1.165) is 19.4 Å². The molecule has 1 N–H and O–H groups in total. The molecule has 1 atom stereocenters. The summed E-state index contributed by atoms with van der Waals surface area (Å²) in [5.74, 6) is -0.523. The minimum absolute atomic E-state index is 0.0146. The summed E-state index contributed by atoms with van der Waals surface area (Å²) in [6.07, 6.45) is 2.25. The van der Waals surface area contributed by atoms with Crippen LogP contribution in [0, 0.1) is 12.7 Å². The summed E-state index contributed by atoms with van der Waals surface area (Å²) in [6, 6.07) is 4.88. The summed E-state index contributed by atoms with van der Waals surface area (Å²) < 4.78 is 18.7. The zero-order chi connectivity index (χ0) is 13.0. The van der Waals surface area contributed by atoms with Crippen LogP contribution in [-0.2, 0) is 4.74 Å². The van der Waals surface area contributed by atoms with Crippen molar-refractivity contribution in [3.8, 4) is 0 Å². The fourth-order valence-electron chi connectivity index (χ4n) is 2.04. The molecule has 0 saturated carbocycles. The monoisotopic (exact) mass is 251 g/mol. The molecule has 1 aliphatic rings. The zero-order valence-electron chi connectivity index (χ0n) is 10.5. The van der Waals surface area contributed by atoms with Gasteiger partial charge in [0.25, 0.3) is 0 Å². The molecule has 0 amide bonds. The quantitative estimate of drug-likeness (QED) is 0.814. The van der Waals surface area contributed by atoms with Gasteiger partial charge in [0.1, 0.15) is 12.4 Å². The minimum atomic E-state index is -0.349. The van der Waals surface area contributed by atoms with Gasteiger partial charge in [-0.05, 0) is 37.9 Å². The number of hydrogen-bond donors (Lipinski definition) is 1. The molecule has 4 heteroatoms. The Kier molecular flexibility index (Phi) is 4.44. The van der Waals surface area contributed by atoms with E-state index >= 15 is 0 Å². The van der Waals surface area contributed by atoms with E-state index in [4.69, 9.17) is 4.74 Å². The fraction of sp³-hybridized carbons (Fsp3) is 0.500. The van der Waals surface area contributed by atoms with Gasteiger partial charge in [0.2, 0.25) is 0 Å². The minimum Gasteiger partial charge on any atom is -0.372 e. The number of rotatable bonds is 5. The number of hydrogen-bond acceptors (Lipinski definition) is 3. The van der Waals surface area contributed by atoms with E-state index < -0.39 is 0 Å². The third-order valence-corrected chi connectivity index (χ3v) is 3.21. The van der Waals surface area contributed by atoms with Gasteiger partial charge >= 0.3 is 0 Å². The highest BCUT2D eigenvalue weighted by Crippen LogP contribution is 2.10. The largest absolute Gasteiger partial charge is 0.372 e. The second kappa shape index (κ2) is 6.07. The SMILES string of the molecule is Cc1ccc(C(=O)COCC2CCCN2)cc1F. The first kappa shape index (κ1) is 13.2. The predicted molar refractivity (Wildman–Crippen MR) is 67.3 cm³/mol. The van der Waals surface area contributed by atoms with E-state index in [-0.39, 0.29) is 18.2 Å². The highest BCUT2D eigenvalue weighted by molar-refractivity contribution is 5.97. The number of Topliss-reactive ketones (excluding diaryl/α,β-unsaturated/α-hetero) is 1. The Morgan fingerprint density at radius 3 is 3.06 bits per heavy atom. The second-order valence-corrected chi connectivity index (χ2v) is 4.70. The highest BCUT2D eigenvalue weighted by Gasteiger charge is 2.15. The summed E-state index contributed by atoms with van der Waals surface area (Å²) in [4.78, 5) is 11.8. The topological polar surface area (TPSA) is 38.3 Å². The van der Waals surface area contributed by atoms with Crippen molar-refractivity contribution in [1.29, 1.82) is 0 Å². The molecule has 0 bridgehead atoms. The van der Waals surface area contributed by atoms with Gasteiger partial charge in [-0.1, -0.05) is 12.1 Å².